The molecule has 1 aliphatic heterocycles. The Labute approximate surface area is 139 Å². The first-order valence-corrected chi connectivity index (χ1v) is 8.91. The van der Waals surface area contributed by atoms with Gasteiger partial charge < -0.3 is 10.2 Å². The quantitative estimate of drug-likeness (QED) is 0.874. The Hall–Kier alpha value is -1.65. The average Bonchev–Trinajstić information content (AvgIpc) is 2.53. The SMILES string of the molecule is CCC1CCCCN1c1cc(C(=O)NCCC(C)C)nc(C)n1. The van der Waals surface area contributed by atoms with E-state index in [9.17, 15) is 4.79 Å². The molecule has 0 spiro atoms. The molecule has 0 saturated carbocycles. The fourth-order valence-electron chi connectivity index (χ4n) is 3.11. The number of aromatic nitrogens is 2. The van der Waals surface area contributed by atoms with Gasteiger partial charge in [0.15, 0.2) is 0 Å². The molecule has 1 N–H and O–H groups in total. The fraction of sp³-hybridized carbons (Fsp3) is 0.722. The van der Waals surface area contributed by atoms with Crippen LogP contribution in [0.1, 0.15) is 69.2 Å². The molecule has 1 atom stereocenters. The molecular formula is C18H30N4O. The van der Waals surface area contributed by atoms with Crippen LogP contribution in [-0.2, 0) is 0 Å². The van der Waals surface area contributed by atoms with Gasteiger partial charge in [0.25, 0.3) is 5.91 Å². The van der Waals surface area contributed by atoms with E-state index in [4.69, 9.17) is 0 Å². The molecule has 128 valence electrons. The van der Waals surface area contributed by atoms with E-state index in [1.54, 1.807) is 0 Å². The van der Waals surface area contributed by atoms with E-state index in [1.165, 1.54) is 19.3 Å². The highest BCUT2D eigenvalue weighted by atomic mass is 16.1. The van der Waals surface area contributed by atoms with Crippen molar-refractivity contribution in [1.29, 1.82) is 0 Å². The second kappa shape index (κ2) is 8.27. The standard InChI is InChI=1S/C18H30N4O/c1-5-15-8-6-7-11-22(15)17-12-16(20-14(4)21-17)18(23)19-10-9-13(2)3/h12-13,15H,5-11H2,1-4H3,(H,19,23). The predicted molar refractivity (Wildman–Crippen MR) is 93.8 cm³/mol. The fourth-order valence-corrected chi connectivity index (χ4v) is 3.11. The van der Waals surface area contributed by atoms with E-state index in [-0.39, 0.29) is 5.91 Å². The first kappa shape index (κ1) is 17.7. The lowest BCUT2D eigenvalue weighted by molar-refractivity contribution is 0.0946. The second-order valence-corrected chi connectivity index (χ2v) is 6.85. The molecule has 1 amide bonds. The number of hydrogen-bond acceptors (Lipinski definition) is 4. The lowest BCUT2D eigenvalue weighted by atomic mass is 10.00. The maximum absolute atomic E-state index is 12.3. The van der Waals surface area contributed by atoms with Crippen LogP contribution < -0.4 is 10.2 Å². The molecule has 1 aromatic heterocycles. The van der Waals surface area contributed by atoms with Gasteiger partial charge in [-0.15, -0.1) is 0 Å². The summed E-state index contributed by atoms with van der Waals surface area (Å²) >= 11 is 0. The van der Waals surface area contributed by atoms with Gasteiger partial charge in [-0.25, -0.2) is 9.97 Å². The van der Waals surface area contributed by atoms with Crippen LogP contribution in [0.5, 0.6) is 0 Å². The summed E-state index contributed by atoms with van der Waals surface area (Å²) in [7, 11) is 0. The number of carbonyl (C=O) groups excluding carboxylic acids is 1. The third kappa shape index (κ3) is 4.91. The Bertz CT molecular complexity index is 530. The van der Waals surface area contributed by atoms with Gasteiger partial charge in [0.2, 0.25) is 0 Å². The highest BCUT2D eigenvalue weighted by Crippen LogP contribution is 2.25. The van der Waals surface area contributed by atoms with Crippen LogP contribution in [0.2, 0.25) is 0 Å². The van der Waals surface area contributed by atoms with Crippen molar-refractivity contribution in [3.05, 3.63) is 17.6 Å². The molecule has 1 aliphatic rings. The zero-order valence-corrected chi connectivity index (χ0v) is 14.9. The van der Waals surface area contributed by atoms with Gasteiger partial charge in [0.1, 0.15) is 17.3 Å². The summed E-state index contributed by atoms with van der Waals surface area (Å²) in [6.45, 7) is 10.1. The third-order valence-corrected chi connectivity index (χ3v) is 4.46. The molecule has 1 saturated heterocycles. The monoisotopic (exact) mass is 318 g/mol. The topological polar surface area (TPSA) is 58.1 Å². The van der Waals surface area contributed by atoms with E-state index in [0.717, 1.165) is 25.2 Å². The van der Waals surface area contributed by atoms with E-state index in [1.807, 2.05) is 13.0 Å². The Morgan fingerprint density at radius 1 is 1.39 bits per heavy atom. The molecule has 0 radical (unpaired) electrons. The highest BCUT2D eigenvalue weighted by Gasteiger charge is 2.23. The zero-order valence-electron chi connectivity index (χ0n) is 14.9. The molecule has 0 aromatic carbocycles. The molecular weight excluding hydrogens is 288 g/mol. The van der Waals surface area contributed by atoms with Crippen LogP contribution in [0.25, 0.3) is 0 Å². The third-order valence-electron chi connectivity index (χ3n) is 4.46. The minimum Gasteiger partial charge on any atom is -0.354 e. The minimum absolute atomic E-state index is 0.0949. The number of rotatable bonds is 6. The van der Waals surface area contributed by atoms with Crippen LogP contribution in [0.3, 0.4) is 0 Å². The van der Waals surface area contributed by atoms with E-state index in [2.05, 4.69) is 41.0 Å². The number of anilines is 1. The van der Waals surface area contributed by atoms with Gasteiger partial charge in [-0.1, -0.05) is 20.8 Å². The Balaban J connectivity index is 2.13. The van der Waals surface area contributed by atoms with Crippen molar-refractivity contribution in [2.75, 3.05) is 18.0 Å². The molecule has 0 aliphatic carbocycles. The van der Waals surface area contributed by atoms with Crippen LogP contribution in [0, 0.1) is 12.8 Å². The number of nitrogens with zero attached hydrogens (tertiary/aromatic N) is 3. The first-order chi connectivity index (χ1) is 11.0. The van der Waals surface area contributed by atoms with Gasteiger partial charge >= 0.3 is 0 Å². The van der Waals surface area contributed by atoms with Crippen LogP contribution in [-0.4, -0.2) is 35.0 Å². The number of carbonyl (C=O) groups is 1. The van der Waals surface area contributed by atoms with Gasteiger partial charge in [0, 0.05) is 25.2 Å². The van der Waals surface area contributed by atoms with Gasteiger partial charge in [-0.2, -0.15) is 0 Å². The lowest BCUT2D eigenvalue weighted by Crippen LogP contribution is -2.40. The molecule has 1 unspecified atom stereocenters. The largest absolute Gasteiger partial charge is 0.354 e. The van der Waals surface area contributed by atoms with Crippen LogP contribution in [0.4, 0.5) is 5.82 Å². The number of aryl methyl sites for hydroxylation is 1. The number of amides is 1. The maximum Gasteiger partial charge on any atom is 0.270 e. The average molecular weight is 318 g/mol. The van der Waals surface area contributed by atoms with Crippen molar-refractivity contribution in [3.63, 3.8) is 0 Å². The second-order valence-electron chi connectivity index (χ2n) is 6.85. The summed E-state index contributed by atoms with van der Waals surface area (Å²) in [6, 6.07) is 2.38. The van der Waals surface area contributed by atoms with E-state index >= 15 is 0 Å². The summed E-state index contributed by atoms with van der Waals surface area (Å²) in [5.74, 6) is 2.05. The van der Waals surface area contributed by atoms with Crippen molar-refractivity contribution < 1.29 is 4.79 Å². The van der Waals surface area contributed by atoms with Crippen LogP contribution in [0.15, 0.2) is 6.07 Å². The normalized spacial score (nSPS) is 18.3. The molecule has 1 fully saturated rings. The molecule has 0 bridgehead atoms. The van der Waals surface area contributed by atoms with Crippen molar-refractivity contribution in [3.8, 4) is 0 Å². The number of hydrogen-bond donors (Lipinski definition) is 1. The van der Waals surface area contributed by atoms with Crippen molar-refractivity contribution >= 4 is 11.7 Å². The molecule has 2 heterocycles. The summed E-state index contributed by atoms with van der Waals surface area (Å²) in [5, 5.41) is 2.97. The van der Waals surface area contributed by atoms with E-state index < -0.39 is 0 Å². The summed E-state index contributed by atoms with van der Waals surface area (Å²) in [6.07, 6.45) is 5.76. The predicted octanol–water partition coefficient (Wildman–Crippen LogP) is 3.33. The lowest BCUT2D eigenvalue weighted by Gasteiger charge is -2.36. The van der Waals surface area contributed by atoms with Crippen LogP contribution >= 0.6 is 0 Å². The molecule has 1 aromatic rings. The smallest absolute Gasteiger partial charge is 0.270 e. The Kier molecular flexibility index (Phi) is 6.37. The van der Waals surface area contributed by atoms with Crippen molar-refractivity contribution in [2.24, 2.45) is 5.92 Å². The molecule has 23 heavy (non-hydrogen) atoms. The summed E-state index contributed by atoms with van der Waals surface area (Å²) < 4.78 is 0. The zero-order chi connectivity index (χ0) is 16.8. The van der Waals surface area contributed by atoms with Gasteiger partial charge in [-0.3, -0.25) is 4.79 Å². The first-order valence-electron chi connectivity index (χ1n) is 8.91. The Morgan fingerprint density at radius 3 is 2.87 bits per heavy atom. The van der Waals surface area contributed by atoms with Gasteiger partial charge in [0.05, 0.1) is 0 Å². The van der Waals surface area contributed by atoms with E-state index in [0.29, 0.717) is 30.0 Å². The summed E-state index contributed by atoms with van der Waals surface area (Å²) in [4.78, 5) is 23.6. The minimum atomic E-state index is -0.0949. The molecule has 5 nitrogen and oxygen atoms in total. The van der Waals surface area contributed by atoms with Crippen molar-refractivity contribution in [1.82, 2.24) is 15.3 Å². The van der Waals surface area contributed by atoms with Gasteiger partial charge in [-0.05, 0) is 44.9 Å². The molecule has 2 rings (SSSR count). The Morgan fingerprint density at radius 2 is 2.17 bits per heavy atom. The maximum atomic E-state index is 12.3. The van der Waals surface area contributed by atoms with Crippen molar-refractivity contribution in [2.45, 2.75) is 65.8 Å². The highest BCUT2D eigenvalue weighted by molar-refractivity contribution is 5.92. The number of piperidine rings is 1. The summed E-state index contributed by atoms with van der Waals surface area (Å²) in [5.41, 5.74) is 0.483. The molecule has 5 heteroatoms. The number of nitrogens with one attached hydrogen (secondary N) is 1.